The molecule has 0 saturated heterocycles. The second-order valence-electron chi connectivity index (χ2n) is 3.02. The van der Waals surface area contributed by atoms with E-state index < -0.39 is 17.9 Å². The van der Waals surface area contributed by atoms with Gasteiger partial charge in [-0.05, 0) is 12.5 Å². The maximum absolute atomic E-state index is 10.6. The van der Waals surface area contributed by atoms with E-state index in [1.54, 1.807) is 12.1 Å². The first-order valence-corrected chi connectivity index (χ1v) is 4.04. The van der Waals surface area contributed by atoms with Crippen molar-refractivity contribution in [1.82, 2.24) is 0 Å². The summed E-state index contributed by atoms with van der Waals surface area (Å²) in [6.45, 7) is 1.85. The van der Waals surface area contributed by atoms with Gasteiger partial charge in [-0.15, -0.1) is 0 Å². The molecule has 0 unspecified atom stereocenters. The third-order valence-corrected chi connectivity index (χ3v) is 1.90. The third-order valence-electron chi connectivity index (χ3n) is 1.90. The van der Waals surface area contributed by atoms with Crippen LogP contribution in [0.15, 0.2) is 24.3 Å². The molecule has 0 aromatic heterocycles. The van der Waals surface area contributed by atoms with Crippen LogP contribution in [0.3, 0.4) is 0 Å². The number of aliphatic carboxylic acids is 2. The zero-order valence-electron chi connectivity index (χ0n) is 11.6. The quantitative estimate of drug-likeness (QED) is 0.423. The number of aryl methyl sites for hydroxylation is 1. The number of hydrogen-bond acceptors (Lipinski definition) is 2. The van der Waals surface area contributed by atoms with Crippen LogP contribution in [0.2, 0.25) is 0 Å². The number of rotatable bonds is 3. The monoisotopic (exact) mass is 258 g/mol. The van der Waals surface area contributed by atoms with E-state index in [1.807, 2.05) is 6.92 Å². The molecule has 1 aromatic rings. The Kier molecular flexibility index (Phi) is 10.6. The van der Waals surface area contributed by atoms with Gasteiger partial charge >= 0.3 is 92.9 Å². The zero-order valence-corrected chi connectivity index (χ0v) is 14.7. The smallest absolute Gasteiger partial charge is 1.00 e. The Hall–Kier alpha value is 0.796. The molecule has 0 spiro atoms. The normalized spacial score (nSPS) is 8.88. The second-order valence-corrected chi connectivity index (χ2v) is 3.02. The molecule has 4 nitrogen and oxygen atoms in total. The number of benzene rings is 1. The molecule has 0 bridgehead atoms. The third kappa shape index (κ3) is 5.42. The molecule has 0 aliphatic carbocycles. The fourth-order valence-corrected chi connectivity index (χ4v) is 1.15. The van der Waals surface area contributed by atoms with E-state index in [0.29, 0.717) is 0 Å². The number of hydrogen-bond donors (Lipinski definition) is 2. The van der Waals surface area contributed by atoms with E-state index >= 15 is 0 Å². The van der Waals surface area contributed by atoms with Crippen LogP contribution in [-0.4, -0.2) is 22.2 Å². The first kappa shape index (κ1) is 19.1. The van der Waals surface area contributed by atoms with Gasteiger partial charge in [0.1, 0.15) is 0 Å². The summed E-state index contributed by atoms with van der Waals surface area (Å²) in [6.07, 6.45) is 0. The van der Waals surface area contributed by atoms with Gasteiger partial charge in [-0.1, -0.05) is 29.8 Å². The van der Waals surface area contributed by atoms with Crippen LogP contribution in [0.25, 0.3) is 0 Å². The van der Waals surface area contributed by atoms with Crippen LogP contribution >= 0.6 is 0 Å². The van der Waals surface area contributed by atoms with Crippen molar-refractivity contribution >= 4 is 11.9 Å². The van der Waals surface area contributed by atoms with E-state index in [1.165, 1.54) is 12.1 Å². The molecular weight excluding hydrogens is 246 g/mol. The van der Waals surface area contributed by atoms with Crippen LogP contribution in [-0.2, 0) is 9.59 Å². The predicted octanol–water partition coefficient (Wildman–Crippen LogP) is -4.52. The summed E-state index contributed by atoms with van der Waals surface area (Å²) in [6, 6.07) is 6.41. The van der Waals surface area contributed by atoms with Gasteiger partial charge in [0.15, 0.2) is 5.92 Å². The average molecular weight is 258 g/mol. The Balaban J connectivity index is -0.000000245. The van der Waals surface area contributed by atoms with Crippen molar-refractivity contribution in [2.75, 3.05) is 0 Å². The van der Waals surface area contributed by atoms with E-state index in [0.717, 1.165) is 5.56 Å². The minimum Gasteiger partial charge on any atom is -1.00 e. The minimum atomic E-state index is -1.48. The van der Waals surface area contributed by atoms with E-state index in [2.05, 4.69) is 0 Å². The van der Waals surface area contributed by atoms with Gasteiger partial charge in [0.05, 0.1) is 0 Å². The SMILES string of the molecule is Cc1ccc(C(C(=O)O)C(=O)O)cc1.[H-].[H-].[K+].[Na+]. The summed E-state index contributed by atoms with van der Waals surface area (Å²) in [7, 11) is 0. The van der Waals surface area contributed by atoms with E-state index in [9.17, 15) is 9.59 Å². The summed E-state index contributed by atoms with van der Waals surface area (Å²) >= 11 is 0. The molecule has 0 aliphatic heterocycles. The first-order valence-electron chi connectivity index (χ1n) is 4.04. The molecule has 0 fully saturated rings. The number of carboxylic acids is 2. The Morgan fingerprint density at radius 3 is 1.81 bits per heavy atom. The Morgan fingerprint density at radius 2 is 1.50 bits per heavy atom. The van der Waals surface area contributed by atoms with Crippen LogP contribution in [0.5, 0.6) is 0 Å². The summed E-state index contributed by atoms with van der Waals surface area (Å²) in [5.74, 6) is -4.17. The standard InChI is InChI=1S/C10H10O4.K.Na.2H/c1-6-2-4-7(5-3-6)8(9(11)12)10(13)14;;;;/h2-5,8H,1H3,(H,11,12)(H,13,14);;;;/q;2*+1;2*-1. The molecule has 1 aromatic carbocycles. The van der Waals surface area contributed by atoms with Gasteiger partial charge in [0.25, 0.3) is 0 Å². The van der Waals surface area contributed by atoms with E-state index in [-0.39, 0.29) is 89.4 Å². The van der Waals surface area contributed by atoms with Gasteiger partial charge in [-0.2, -0.15) is 0 Å². The first-order chi connectivity index (χ1) is 6.52. The molecule has 0 saturated carbocycles. The number of carboxylic acid groups (broad SMARTS) is 2. The maximum atomic E-state index is 10.6. The molecule has 78 valence electrons. The average Bonchev–Trinajstić information content (AvgIpc) is 2.07. The van der Waals surface area contributed by atoms with Crippen molar-refractivity contribution in [3.8, 4) is 0 Å². The predicted molar refractivity (Wildman–Crippen MR) is 51.4 cm³/mol. The Morgan fingerprint density at radius 1 is 1.12 bits per heavy atom. The van der Waals surface area contributed by atoms with Gasteiger partial charge in [-0.25, -0.2) is 0 Å². The fourth-order valence-electron chi connectivity index (χ4n) is 1.15. The minimum absolute atomic E-state index is 0. The summed E-state index contributed by atoms with van der Waals surface area (Å²) in [5.41, 5.74) is 1.25. The molecule has 0 radical (unpaired) electrons. The van der Waals surface area contributed by atoms with Gasteiger partial charge in [0.2, 0.25) is 0 Å². The Labute approximate surface area is 161 Å². The molecule has 16 heavy (non-hydrogen) atoms. The van der Waals surface area contributed by atoms with Crippen molar-refractivity contribution in [2.45, 2.75) is 12.8 Å². The van der Waals surface area contributed by atoms with Crippen molar-refractivity contribution in [2.24, 2.45) is 0 Å². The molecule has 1 rings (SSSR count). The van der Waals surface area contributed by atoms with Crippen molar-refractivity contribution in [3.05, 3.63) is 35.4 Å². The summed E-state index contributed by atoms with van der Waals surface area (Å²) in [4.78, 5) is 21.3. The molecule has 6 heteroatoms. The summed E-state index contributed by atoms with van der Waals surface area (Å²) in [5, 5.41) is 17.4. The Bertz CT molecular complexity index is 359. The van der Waals surface area contributed by atoms with Crippen LogP contribution < -0.4 is 80.9 Å². The fraction of sp³-hybridized carbons (Fsp3) is 0.200. The van der Waals surface area contributed by atoms with E-state index in [4.69, 9.17) is 10.2 Å². The van der Waals surface area contributed by atoms with Crippen molar-refractivity contribution in [3.63, 3.8) is 0 Å². The van der Waals surface area contributed by atoms with Gasteiger partial charge < -0.3 is 13.1 Å². The molecular formula is C10H12KNaO4. The molecule has 0 atom stereocenters. The molecule has 0 aliphatic rings. The van der Waals surface area contributed by atoms with Gasteiger partial charge in [0, 0.05) is 0 Å². The maximum Gasteiger partial charge on any atom is 1.00 e. The molecule has 2 N–H and O–H groups in total. The molecule has 0 heterocycles. The van der Waals surface area contributed by atoms with Crippen LogP contribution in [0.4, 0.5) is 0 Å². The van der Waals surface area contributed by atoms with Crippen molar-refractivity contribution in [1.29, 1.82) is 0 Å². The zero-order chi connectivity index (χ0) is 10.7. The second kappa shape index (κ2) is 8.82. The molecule has 0 amide bonds. The topological polar surface area (TPSA) is 74.6 Å². The van der Waals surface area contributed by atoms with Crippen LogP contribution in [0.1, 0.15) is 19.9 Å². The van der Waals surface area contributed by atoms with Crippen molar-refractivity contribution < 1.29 is 104 Å². The summed E-state index contributed by atoms with van der Waals surface area (Å²) < 4.78 is 0. The van der Waals surface area contributed by atoms with Crippen LogP contribution in [0, 0.1) is 6.92 Å². The van der Waals surface area contributed by atoms with Gasteiger partial charge in [-0.3, -0.25) is 9.59 Å². The largest absolute Gasteiger partial charge is 1.00 e. The number of carbonyl (C=O) groups is 2.